The van der Waals surface area contributed by atoms with Crippen LogP contribution in [0.4, 0.5) is 5.13 Å². The van der Waals surface area contributed by atoms with E-state index in [1.807, 2.05) is 50.5 Å². The van der Waals surface area contributed by atoms with E-state index in [0.29, 0.717) is 28.7 Å². The van der Waals surface area contributed by atoms with E-state index in [-0.39, 0.29) is 5.91 Å². The molecule has 28 heavy (non-hydrogen) atoms. The van der Waals surface area contributed by atoms with Crippen molar-refractivity contribution in [1.29, 1.82) is 0 Å². The fourth-order valence-corrected chi connectivity index (χ4v) is 4.34. The molecular formula is C20H22IN3O3S. The van der Waals surface area contributed by atoms with E-state index in [9.17, 15) is 4.79 Å². The number of thiazole rings is 1. The molecule has 0 bridgehead atoms. The number of likely N-dealkylation sites (N-methyl/N-ethyl adjacent to an activating group) is 1. The van der Waals surface area contributed by atoms with Crippen molar-refractivity contribution in [2.75, 3.05) is 46.3 Å². The van der Waals surface area contributed by atoms with Crippen LogP contribution in [0, 0.1) is 3.57 Å². The zero-order valence-electron chi connectivity index (χ0n) is 16.2. The molecule has 0 aliphatic heterocycles. The topological polar surface area (TPSA) is 54.9 Å². The van der Waals surface area contributed by atoms with Crippen molar-refractivity contribution in [2.45, 2.75) is 0 Å². The molecule has 1 aromatic heterocycles. The van der Waals surface area contributed by atoms with Crippen molar-refractivity contribution in [2.24, 2.45) is 0 Å². The van der Waals surface area contributed by atoms with Gasteiger partial charge in [-0.25, -0.2) is 4.98 Å². The van der Waals surface area contributed by atoms with Gasteiger partial charge in [0.15, 0.2) is 16.6 Å². The molecule has 0 N–H and O–H groups in total. The lowest BCUT2D eigenvalue weighted by atomic mass is 10.2. The predicted octanol–water partition coefficient (Wildman–Crippen LogP) is 4.13. The summed E-state index contributed by atoms with van der Waals surface area (Å²) in [5.74, 6) is 1.22. The van der Waals surface area contributed by atoms with Gasteiger partial charge in [0.25, 0.3) is 5.91 Å². The van der Waals surface area contributed by atoms with Gasteiger partial charge < -0.3 is 14.4 Å². The minimum Gasteiger partial charge on any atom is -0.493 e. The molecule has 0 unspecified atom stereocenters. The molecule has 1 heterocycles. The number of fused-ring (bicyclic) bond motifs is 1. The van der Waals surface area contributed by atoms with Gasteiger partial charge in [-0.2, -0.15) is 0 Å². The summed E-state index contributed by atoms with van der Waals surface area (Å²) < 4.78 is 12.6. The van der Waals surface area contributed by atoms with Crippen LogP contribution in [-0.2, 0) is 0 Å². The van der Waals surface area contributed by atoms with Crippen LogP contribution in [0.1, 0.15) is 10.4 Å². The minimum absolute atomic E-state index is 0.0511. The molecule has 0 fully saturated rings. The average Bonchev–Trinajstić information content (AvgIpc) is 3.09. The summed E-state index contributed by atoms with van der Waals surface area (Å²) in [5.41, 5.74) is 1.46. The number of amides is 1. The molecule has 2 aromatic carbocycles. The molecule has 3 rings (SSSR count). The number of methoxy groups -OCH3 is 2. The van der Waals surface area contributed by atoms with E-state index < -0.39 is 0 Å². The number of carbonyl (C=O) groups excluding carboxylic acids is 1. The molecular weight excluding hydrogens is 489 g/mol. The first-order valence-electron chi connectivity index (χ1n) is 8.68. The fourth-order valence-electron chi connectivity index (χ4n) is 2.72. The molecule has 8 heteroatoms. The summed E-state index contributed by atoms with van der Waals surface area (Å²) in [7, 11) is 7.18. The maximum absolute atomic E-state index is 13.3. The lowest BCUT2D eigenvalue weighted by Gasteiger charge is -2.22. The molecule has 148 valence electrons. The number of rotatable bonds is 7. The SMILES string of the molecule is COc1cc2nc(N(CCN(C)C)C(=O)c3ccccc3I)sc2cc1OC. The van der Waals surface area contributed by atoms with Crippen LogP contribution in [0.5, 0.6) is 11.5 Å². The highest BCUT2D eigenvalue weighted by molar-refractivity contribution is 14.1. The second-order valence-electron chi connectivity index (χ2n) is 6.41. The Hall–Kier alpha value is -1.91. The standard InChI is InChI=1S/C20H22IN3O3S/c1-23(2)9-10-24(19(25)13-7-5-6-8-14(13)21)20-22-15-11-16(26-3)17(27-4)12-18(15)28-20/h5-8,11-12H,9-10H2,1-4H3. The molecule has 0 saturated heterocycles. The van der Waals surface area contributed by atoms with Crippen molar-refractivity contribution in [3.8, 4) is 11.5 Å². The smallest absolute Gasteiger partial charge is 0.261 e. The first-order chi connectivity index (χ1) is 13.4. The third-order valence-electron chi connectivity index (χ3n) is 4.23. The van der Waals surface area contributed by atoms with E-state index in [1.165, 1.54) is 11.3 Å². The van der Waals surface area contributed by atoms with Gasteiger partial charge in [0.05, 0.1) is 30.0 Å². The van der Waals surface area contributed by atoms with Gasteiger partial charge in [-0.1, -0.05) is 23.5 Å². The summed E-state index contributed by atoms with van der Waals surface area (Å²) in [4.78, 5) is 21.8. The van der Waals surface area contributed by atoms with E-state index in [2.05, 4.69) is 27.5 Å². The molecule has 0 atom stereocenters. The van der Waals surface area contributed by atoms with Gasteiger partial charge in [-0.3, -0.25) is 9.69 Å². The predicted molar refractivity (Wildman–Crippen MR) is 122 cm³/mol. The number of hydrogen-bond acceptors (Lipinski definition) is 6. The Labute approximate surface area is 182 Å². The van der Waals surface area contributed by atoms with Crippen LogP contribution in [0.15, 0.2) is 36.4 Å². The second kappa shape index (κ2) is 9.06. The maximum Gasteiger partial charge on any atom is 0.261 e. The Balaban J connectivity index is 2.04. The largest absolute Gasteiger partial charge is 0.493 e. The number of nitrogens with zero attached hydrogens (tertiary/aromatic N) is 3. The number of anilines is 1. The minimum atomic E-state index is -0.0511. The Kier molecular flexibility index (Phi) is 6.73. The highest BCUT2D eigenvalue weighted by Gasteiger charge is 2.23. The van der Waals surface area contributed by atoms with Gasteiger partial charge in [0, 0.05) is 28.8 Å². The Morgan fingerprint density at radius 2 is 1.79 bits per heavy atom. The third-order valence-corrected chi connectivity index (χ3v) is 6.22. The number of halogens is 1. The Morgan fingerprint density at radius 3 is 2.43 bits per heavy atom. The fraction of sp³-hybridized carbons (Fsp3) is 0.300. The van der Waals surface area contributed by atoms with E-state index in [4.69, 9.17) is 14.5 Å². The molecule has 6 nitrogen and oxygen atoms in total. The number of benzene rings is 2. The molecule has 1 amide bonds. The zero-order valence-corrected chi connectivity index (χ0v) is 19.2. The summed E-state index contributed by atoms with van der Waals surface area (Å²) in [6.07, 6.45) is 0. The van der Waals surface area contributed by atoms with Crippen LogP contribution >= 0.6 is 33.9 Å². The zero-order chi connectivity index (χ0) is 20.3. The Bertz CT molecular complexity index is 949. The molecule has 0 aliphatic carbocycles. The van der Waals surface area contributed by atoms with Crippen molar-refractivity contribution in [3.63, 3.8) is 0 Å². The van der Waals surface area contributed by atoms with Gasteiger partial charge in [0.2, 0.25) is 0 Å². The Morgan fingerprint density at radius 1 is 1.11 bits per heavy atom. The van der Waals surface area contributed by atoms with Crippen LogP contribution in [0.3, 0.4) is 0 Å². The summed E-state index contributed by atoms with van der Waals surface area (Å²) in [6, 6.07) is 11.3. The van der Waals surface area contributed by atoms with E-state index in [0.717, 1.165) is 20.3 Å². The number of aromatic nitrogens is 1. The molecule has 0 saturated carbocycles. The monoisotopic (exact) mass is 511 g/mol. The number of hydrogen-bond donors (Lipinski definition) is 0. The maximum atomic E-state index is 13.3. The van der Waals surface area contributed by atoms with E-state index >= 15 is 0 Å². The molecule has 0 spiro atoms. The van der Waals surface area contributed by atoms with Crippen molar-refractivity contribution in [3.05, 3.63) is 45.5 Å². The van der Waals surface area contributed by atoms with Crippen LogP contribution < -0.4 is 14.4 Å². The normalized spacial score (nSPS) is 11.1. The number of carbonyl (C=O) groups is 1. The van der Waals surface area contributed by atoms with Crippen LogP contribution in [0.25, 0.3) is 10.2 Å². The lowest BCUT2D eigenvalue weighted by molar-refractivity contribution is 0.0984. The molecule has 3 aromatic rings. The van der Waals surface area contributed by atoms with Crippen LogP contribution in [-0.4, -0.2) is 57.2 Å². The summed E-state index contributed by atoms with van der Waals surface area (Å²) >= 11 is 3.67. The van der Waals surface area contributed by atoms with Crippen molar-refractivity contribution < 1.29 is 14.3 Å². The summed E-state index contributed by atoms with van der Waals surface area (Å²) in [5, 5.41) is 0.664. The van der Waals surface area contributed by atoms with Gasteiger partial charge in [-0.05, 0) is 48.8 Å². The first kappa shape index (κ1) is 20.8. The third kappa shape index (κ3) is 4.39. The van der Waals surface area contributed by atoms with Gasteiger partial charge in [0.1, 0.15) is 0 Å². The summed E-state index contributed by atoms with van der Waals surface area (Å²) in [6.45, 7) is 1.28. The number of ether oxygens (including phenoxy) is 2. The van der Waals surface area contributed by atoms with Gasteiger partial charge in [-0.15, -0.1) is 0 Å². The highest BCUT2D eigenvalue weighted by Crippen LogP contribution is 2.37. The quantitative estimate of drug-likeness (QED) is 0.447. The molecule has 0 aliphatic rings. The lowest BCUT2D eigenvalue weighted by Crippen LogP contribution is -2.37. The highest BCUT2D eigenvalue weighted by atomic mass is 127. The van der Waals surface area contributed by atoms with Gasteiger partial charge >= 0.3 is 0 Å². The molecule has 0 radical (unpaired) electrons. The average molecular weight is 511 g/mol. The van der Waals surface area contributed by atoms with Crippen molar-refractivity contribution in [1.82, 2.24) is 9.88 Å². The van der Waals surface area contributed by atoms with E-state index in [1.54, 1.807) is 19.1 Å². The first-order valence-corrected chi connectivity index (χ1v) is 10.6. The second-order valence-corrected chi connectivity index (χ2v) is 8.58. The van der Waals surface area contributed by atoms with Crippen molar-refractivity contribution >= 4 is 55.2 Å². The van der Waals surface area contributed by atoms with Crippen LogP contribution in [0.2, 0.25) is 0 Å².